The van der Waals surface area contributed by atoms with Crippen LogP contribution in [0.15, 0.2) is 48.8 Å². The van der Waals surface area contributed by atoms with E-state index in [9.17, 15) is 4.39 Å². The minimum absolute atomic E-state index is 0.203. The van der Waals surface area contributed by atoms with E-state index < -0.39 is 0 Å². The van der Waals surface area contributed by atoms with Gasteiger partial charge in [0.05, 0.1) is 18.7 Å². The Balaban J connectivity index is 1.46. The Morgan fingerprint density at radius 1 is 0.933 bits per heavy atom. The number of fused-ring (bicyclic) bond motifs is 2. The largest absolute Gasteiger partial charge is 0.379 e. The SMILES string of the molecule is Cc1cc(F)cc2c1ccn2Cc1cc(Cl)cc2c1ccn2CCN1CCOCC1. The Hall–Kier alpha value is -2.34. The number of benzene rings is 2. The molecule has 0 bridgehead atoms. The normalized spacial score (nSPS) is 15.4. The molecule has 1 aliphatic rings. The predicted molar refractivity (Wildman–Crippen MR) is 120 cm³/mol. The molecule has 0 radical (unpaired) electrons. The molecule has 3 heterocycles. The summed E-state index contributed by atoms with van der Waals surface area (Å²) in [6, 6.07) is 11.5. The second-order valence-electron chi connectivity index (χ2n) is 8.06. The van der Waals surface area contributed by atoms with E-state index in [1.165, 1.54) is 5.39 Å². The van der Waals surface area contributed by atoms with Gasteiger partial charge in [-0.1, -0.05) is 11.6 Å². The molecule has 1 fully saturated rings. The minimum Gasteiger partial charge on any atom is -0.379 e. The number of nitrogens with zero attached hydrogens (tertiary/aromatic N) is 3. The van der Waals surface area contributed by atoms with Gasteiger partial charge in [0.25, 0.3) is 0 Å². The Morgan fingerprint density at radius 3 is 2.50 bits per heavy atom. The topological polar surface area (TPSA) is 22.3 Å². The van der Waals surface area contributed by atoms with Crippen LogP contribution in [0.2, 0.25) is 5.02 Å². The highest BCUT2D eigenvalue weighted by Crippen LogP contribution is 2.28. The molecule has 0 aliphatic carbocycles. The molecule has 2 aromatic carbocycles. The van der Waals surface area contributed by atoms with E-state index in [1.807, 2.05) is 25.3 Å². The van der Waals surface area contributed by atoms with Crippen molar-refractivity contribution in [3.8, 4) is 0 Å². The van der Waals surface area contributed by atoms with Crippen LogP contribution < -0.4 is 0 Å². The average Bonchev–Trinajstić information content (AvgIpc) is 3.32. The van der Waals surface area contributed by atoms with Crippen LogP contribution in [0.1, 0.15) is 11.1 Å². The lowest BCUT2D eigenvalue weighted by atomic mass is 10.1. The molecule has 0 atom stereocenters. The van der Waals surface area contributed by atoms with Crippen molar-refractivity contribution in [2.24, 2.45) is 0 Å². The Bertz CT molecular complexity index is 1210. The molecule has 0 N–H and O–H groups in total. The minimum atomic E-state index is -0.203. The summed E-state index contributed by atoms with van der Waals surface area (Å²) in [4.78, 5) is 2.43. The lowest BCUT2D eigenvalue weighted by Crippen LogP contribution is -2.38. The maximum Gasteiger partial charge on any atom is 0.125 e. The summed E-state index contributed by atoms with van der Waals surface area (Å²) in [5.74, 6) is -0.203. The molecule has 4 aromatic rings. The van der Waals surface area contributed by atoms with E-state index in [-0.39, 0.29) is 5.82 Å². The molecular formula is C24H25ClFN3O. The summed E-state index contributed by atoms with van der Waals surface area (Å²) < 4.78 is 23.8. The molecule has 5 rings (SSSR count). The number of hydrogen-bond donors (Lipinski definition) is 0. The van der Waals surface area contributed by atoms with Gasteiger partial charge in [0, 0.05) is 66.4 Å². The summed E-state index contributed by atoms with van der Waals surface area (Å²) >= 11 is 6.50. The number of ether oxygens (including phenoxy) is 1. The zero-order valence-electron chi connectivity index (χ0n) is 17.1. The molecule has 30 heavy (non-hydrogen) atoms. The van der Waals surface area contributed by atoms with Crippen LogP contribution in [-0.2, 0) is 17.8 Å². The highest BCUT2D eigenvalue weighted by Gasteiger charge is 2.13. The van der Waals surface area contributed by atoms with Crippen LogP contribution in [0.25, 0.3) is 21.8 Å². The lowest BCUT2D eigenvalue weighted by Gasteiger charge is -2.26. The van der Waals surface area contributed by atoms with E-state index >= 15 is 0 Å². The molecule has 1 saturated heterocycles. The maximum atomic E-state index is 14.0. The lowest BCUT2D eigenvalue weighted by molar-refractivity contribution is 0.0365. The van der Waals surface area contributed by atoms with Crippen molar-refractivity contribution >= 4 is 33.4 Å². The van der Waals surface area contributed by atoms with Crippen molar-refractivity contribution in [3.63, 3.8) is 0 Å². The van der Waals surface area contributed by atoms with Crippen LogP contribution in [-0.4, -0.2) is 46.9 Å². The van der Waals surface area contributed by atoms with E-state index in [1.54, 1.807) is 12.1 Å². The molecule has 6 heteroatoms. The van der Waals surface area contributed by atoms with Crippen LogP contribution in [0.4, 0.5) is 4.39 Å². The van der Waals surface area contributed by atoms with Gasteiger partial charge < -0.3 is 13.9 Å². The summed E-state index contributed by atoms with van der Waals surface area (Å²) in [6.45, 7) is 8.11. The monoisotopic (exact) mass is 425 g/mol. The van der Waals surface area contributed by atoms with Gasteiger partial charge in [-0.15, -0.1) is 0 Å². The third kappa shape index (κ3) is 3.73. The van der Waals surface area contributed by atoms with Crippen molar-refractivity contribution in [1.82, 2.24) is 14.0 Å². The second kappa shape index (κ2) is 8.06. The smallest absolute Gasteiger partial charge is 0.125 e. The standard InChI is InChI=1S/C24H25ClFN3O/c1-17-12-20(26)15-24-21(17)2-5-29(24)16-18-13-19(25)14-23-22(18)3-4-28(23)7-6-27-8-10-30-11-9-27/h2-5,12-15H,6-11,16H2,1H3. The van der Waals surface area contributed by atoms with Crippen LogP contribution in [0, 0.1) is 12.7 Å². The number of morpholine rings is 1. The van der Waals surface area contributed by atoms with Gasteiger partial charge >= 0.3 is 0 Å². The number of aryl methyl sites for hydroxylation is 1. The quantitative estimate of drug-likeness (QED) is 0.445. The van der Waals surface area contributed by atoms with Gasteiger partial charge in [-0.3, -0.25) is 4.90 Å². The van der Waals surface area contributed by atoms with Gasteiger partial charge in [-0.05, 0) is 54.4 Å². The van der Waals surface area contributed by atoms with E-state index in [4.69, 9.17) is 16.3 Å². The molecule has 0 amide bonds. The first-order valence-corrected chi connectivity index (χ1v) is 10.8. The number of halogens is 2. The van der Waals surface area contributed by atoms with Crippen molar-refractivity contribution < 1.29 is 9.13 Å². The fraction of sp³-hybridized carbons (Fsp3) is 0.333. The molecule has 0 spiro atoms. The van der Waals surface area contributed by atoms with Crippen LogP contribution in [0.5, 0.6) is 0 Å². The number of rotatable bonds is 5. The Labute approximate surface area is 180 Å². The highest BCUT2D eigenvalue weighted by molar-refractivity contribution is 6.31. The molecule has 2 aromatic heterocycles. The van der Waals surface area contributed by atoms with Gasteiger partial charge in [0.15, 0.2) is 0 Å². The molecule has 4 nitrogen and oxygen atoms in total. The van der Waals surface area contributed by atoms with Crippen molar-refractivity contribution in [2.45, 2.75) is 20.0 Å². The second-order valence-corrected chi connectivity index (χ2v) is 8.50. The van der Waals surface area contributed by atoms with Gasteiger partial charge in [0.2, 0.25) is 0 Å². The molecule has 0 unspecified atom stereocenters. The van der Waals surface area contributed by atoms with Crippen molar-refractivity contribution in [3.05, 3.63) is 70.8 Å². The summed E-state index contributed by atoms with van der Waals surface area (Å²) in [7, 11) is 0. The predicted octanol–water partition coefficient (Wildman–Crippen LogP) is 5.08. The zero-order chi connectivity index (χ0) is 20.7. The van der Waals surface area contributed by atoms with Gasteiger partial charge in [-0.25, -0.2) is 4.39 Å². The third-order valence-corrected chi connectivity index (χ3v) is 6.32. The number of aromatic nitrogens is 2. The fourth-order valence-electron chi connectivity index (χ4n) is 4.49. The van der Waals surface area contributed by atoms with Gasteiger partial charge in [-0.2, -0.15) is 0 Å². The maximum absolute atomic E-state index is 14.0. The molecular weight excluding hydrogens is 401 g/mol. The molecule has 0 saturated carbocycles. The summed E-state index contributed by atoms with van der Waals surface area (Å²) in [5.41, 5.74) is 4.15. The third-order valence-electron chi connectivity index (χ3n) is 6.10. The van der Waals surface area contributed by atoms with Crippen molar-refractivity contribution in [1.29, 1.82) is 0 Å². The zero-order valence-corrected chi connectivity index (χ0v) is 17.8. The Morgan fingerprint density at radius 2 is 1.67 bits per heavy atom. The fourth-order valence-corrected chi connectivity index (χ4v) is 4.73. The molecule has 156 valence electrons. The van der Waals surface area contributed by atoms with Gasteiger partial charge in [0.1, 0.15) is 5.82 Å². The van der Waals surface area contributed by atoms with E-state index in [0.717, 1.165) is 72.0 Å². The Kier molecular flexibility index (Phi) is 5.27. The first-order chi connectivity index (χ1) is 14.6. The van der Waals surface area contributed by atoms with Crippen molar-refractivity contribution in [2.75, 3.05) is 32.8 Å². The van der Waals surface area contributed by atoms with E-state index in [2.05, 4.69) is 32.4 Å². The van der Waals surface area contributed by atoms with E-state index in [0.29, 0.717) is 6.54 Å². The average molecular weight is 426 g/mol. The van der Waals surface area contributed by atoms with Crippen LogP contribution >= 0.6 is 11.6 Å². The van der Waals surface area contributed by atoms with Crippen LogP contribution in [0.3, 0.4) is 0 Å². The summed E-state index contributed by atoms with van der Waals surface area (Å²) in [5, 5.41) is 3.00. The summed E-state index contributed by atoms with van der Waals surface area (Å²) in [6.07, 6.45) is 4.17. The number of hydrogen-bond acceptors (Lipinski definition) is 2. The highest BCUT2D eigenvalue weighted by atomic mass is 35.5. The molecule has 1 aliphatic heterocycles. The first-order valence-electron chi connectivity index (χ1n) is 10.4. The first kappa shape index (κ1) is 19.6.